The molecule has 0 aromatic heterocycles. The lowest BCUT2D eigenvalue weighted by Gasteiger charge is -2.12. The molecule has 0 aliphatic rings. The summed E-state index contributed by atoms with van der Waals surface area (Å²) >= 11 is 0. The molecule has 0 bridgehead atoms. The van der Waals surface area contributed by atoms with E-state index in [2.05, 4.69) is 166 Å². The first kappa shape index (κ1) is 52.9. The molecule has 0 rings (SSSR count). The van der Waals surface area contributed by atoms with Gasteiger partial charge in [-0.05, 0) is 67.1 Å². The molecule has 0 aliphatic carbocycles. The predicted octanol–water partition coefficient (Wildman–Crippen LogP) is 14.8. The molecule has 0 atom stereocenters. The molecule has 0 aliphatic heterocycles. The van der Waals surface area contributed by atoms with Crippen molar-refractivity contribution in [2.24, 2.45) is 35.0 Å². The summed E-state index contributed by atoms with van der Waals surface area (Å²) in [4.78, 5) is 0. The van der Waals surface area contributed by atoms with E-state index in [1.54, 1.807) is 0 Å². The van der Waals surface area contributed by atoms with Gasteiger partial charge in [-0.15, -0.1) is 30.8 Å². The molecule has 0 nitrogen and oxygen atoms in total. The first-order valence-electron chi connectivity index (χ1n) is 17.2. The minimum Gasteiger partial charge on any atom is -0.120 e. The monoisotopic (exact) mass is 587 g/mol. The Morgan fingerprint density at radius 3 is 1.07 bits per heavy atom. The molecule has 0 spiro atoms. The molecule has 0 unspecified atom stereocenters. The summed E-state index contributed by atoms with van der Waals surface area (Å²) in [6.07, 6.45) is 26.0. The topological polar surface area (TPSA) is 0 Å². The molecule has 0 heteroatoms. The third-order valence-electron chi connectivity index (χ3n) is 5.06. The average molecular weight is 587 g/mol. The lowest BCUT2D eigenvalue weighted by Crippen LogP contribution is -2.00. The van der Waals surface area contributed by atoms with Crippen LogP contribution in [0, 0.1) is 59.2 Å². The summed E-state index contributed by atoms with van der Waals surface area (Å²) in [5.74, 6) is 12.5. The van der Waals surface area contributed by atoms with Gasteiger partial charge in [0.25, 0.3) is 0 Å². The molecule has 0 saturated carbocycles. The molecule has 0 aromatic rings. The molecule has 0 fully saturated rings. The molecule has 250 valence electrons. The first-order chi connectivity index (χ1) is 19.4. The van der Waals surface area contributed by atoms with Crippen LogP contribution in [0.15, 0.2) is 37.0 Å². The van der Waals surface area contributed by atoms with Gasteiger partial charge in [0.2, 0.25) is 0 Å². The van der Waals surface area contributed by atoms with Crippen LogP contribution < -0.4 is 0 Å². The standard InChI is InChI=1S/2C8H16.C8H14.C6H14.C6H12.C6H10/c3*1-4-5-6-7-8(2)3;1-5-6(2,3)4;2*1-4-5-6(2)3/h2*5-6,8H,4,7H2,1-3H3;8H,4,7H2,1-3H3;5H2,1-4H3;4,6H,1,5H2,2-3H3;1,6H,5H2,2-3H3/b6-5+;6-5-;;;;. The highest BCUT2D eigenvalue weighted by atomic mass is 14.1. The van der Waals surface area contributed by atoms with Gasteiger partial charge in [-0.1, -0.05) is 155 Å². The van der Waals surface area contributed by atoms with Crippen LogP contribution in [0.25, 0.3) is 0 Å². The van der Waals surface area contributed by atoms with Gasteiger partial charge >= 0.3 is 0 Å². The number of terminal acetylenes is 1. The number of hydrogen-bond acceptors (Lipinski definition) is 0. The number of allylic oxidation sites excluding steroid dienone is 5. The second kappa shape index (κ2) is 43.8. The van der Waals surface area contributed by atoms with Crippen LogP contribution >= 0.6 is 0 Å². The molecule has 0 radical (unpaired) electrons. The van der Waals surface area contributed by atoms with Gasteiger partial charge in [-0.2, -0.15) is 0 Å². The summed E-state index contributed by atoms with van der Waals surface area (Å²) in [5.41, 5.74) is 0.542. The van der Waals surface area contributed by atoms with Crippen molar-refractivity contribution in [3.05, 3.63) is 37.0 Å². The highest BCUT2D eigenvalue weighted by molar-refractivity contribution is 4.98. The van der Waals surface area contributed by atoms with Gasteiger partial charge in [-0.25, -0.2) is 0 Å². The van der Waals surface area contributed by atoms with Crippen LogP contribution in [0.5, 0.6) is 0 Å². The second-order valence-corrected chi connectivity index (χ2v) is 14.0. The van der Waals surface area contributed by atoms with Crippen LogP contribution in [0.4, 0.5) is 0 Å². The van der Waals surface area contributed by atoms with Crippen LogP contribution in [0.2, 0.25) is 0 Å². The third-order valence-corrected chi connectivity index (χ3v) is 5.06. The Labute approximate surface area is 271 Å². The molecular weight excluding hydrogens is 504 g/mol. The van der Waals surface area contributed by atoms with Crippen molar-refractivity contribution >= 4 is 0 Å². The Hall–Kier alpha value is -1.66. The fourth-order valence-electron chi connectivity index (χ4n) is 2.04. The lowest BCUT2D eigenvalue weighted by atomic mass is 9.94. The van der Waals surface area contributed by atoms with E-state index in [0.29, 0.717) is 11.3 Å². The summed E-state index contributed by atoms with van der Waals surface area (Å²) < 4.78 is 0. The Morgan fingerprint density at radius 2 is 0.929 bits per heavy atom. The largest absolute Gasteiger partial charge is 0.120 e. The van der Waals surface area contributed by atoms with Gasteiger partial charge in [-0.3, -0.25) is 0 Å². The highest BCUT2D eigenvalue weighted by Crippen LogP contribution is 2.16. The van der Waals surface area contributed by atoms with Crippen molar-refractivity contribution in [3.8, 4) is 24.2 Å². The molecule has 0 N–H and O–H groups in total. The van der Waals surface area contributed by atoms with Gasteiger partial charge < -0.3 is 0 Å². The summed E-state index contributed by atoms with van der Waals surface area (Å²) in [7, 11) is 0. The number of hydrogen-bond donors (Lipinski definition) is 0. The quantitative estimate of drug-likeness (QED) is 0.176. The van der Waals surface area contributed by atoms with E-state index < -0.39 is 0 Å². The SMILES string of the molecule is C#CCC(C)C.C=CCC(C)C.CC/C=C/CC(C)C.CC/C=C\CC(C)C.CCC#CCC(C)C.CCC(C)(C)C. The predicted molar refractivity (Wildman–Crippen MR) is 203 cm³/mol. The van der Waals surface area contributed by atoms with E-state index in [9.17, 15) is 0 Å². The van der Waals surface area contributed by atoms with Gasteiger partial charge in [0, 0.05) is 19.3 Å². The van der Waals surface area contributed by atoms with Crippen molar-refractivity contribution in [1.82, 2.24) is 0 Å². The highest BCUT2D eigenvalue weighted by Gasteiger charge is 2.03. The van der Waals surface area contributed by atoms with Crippen LogP contribution in [-0.4, -0.2) is 0 Å². The lowest BCUT2D eigenvalue weighted by molar-refractivity contribution is 0.398. The fraction of sp³-hybridized carbons (Fsp3) is 0.762. The molecular formula is C42H82. The molecule has 0 aromatic carbocycles. The second-order valence-electron chi connectivity index (χ2n) is 14.0. The molecule has 0 heterocycles. The van der Waals surface area contributed by atoms with E-state index in [4.69, 9.17) is 6.42 Å². The zero-order valence-electron chi connectivity index (χ0n) is 32.4. The van der Waals surface area contributed by atoms with Gasteiger partial charge in [0.05, 0.1) is 0 Å². The average Bonchev–Trinajstić information content (AvgIpc) is 2.85. The Balaban J connectivity index is -0.0000000931. The summed E-state index contributed by atoms with van der Waals surface area (Å²) in [6.45, 7) is 40.8. The van der Waals surface area contributed by atoms with Gasteiger partial charge in [0.15, 0.2) is 0 Å². The summed E-state index contributed by atoms with van der Waals surface area (Å²) in [5, 5.41) is 0. The normalized spacial score (nSPS) is 10.2. The smallest absolute Gasteiger partial charge is 0.0112 e. The van der Waals surface area contributed by atoms with Crippen LogP contribution in [0.3, 0.4) is 0 Å². The van der Waals surface area contributed by atoms with Crippen molar-refractivity contribution < 1.29 is 0 Å². The van der Waals surface area contributed by atoms with E-state index in [0.717, 1.165) is 49.4 Å². The minimum absolute atomic E-state index is 0.542. The summed E-state index contributed by atoms with van der Waals surface area (Å²) in [6, 6.07) is 0. The van der Waals surface area contributed by atoms with Crippen LogP contribution in [-0.2, 0) is 0 Å². The third kappa shape index (κ3) is 107. The zero-order valence-corrected chi connectivity index (χ0v) is 32.4. The zero-order chi connectivity index (χ0) is 34.4. The first-order valence-corrected chi connectivity index (χ1v) is 17.2. The molecule has 42 heavy (non-hydrogen) atoms. The Morgan fingerprint density at radius 1 is 0.571 bits per heavy atom. The van der Waals surface area contributed by atoms with Crippen molar-refractivity contribution in [2.75, 3.05) is 0 Å². The van der Waals surface area contributed by atoms with Crippen molar-refractivity contribution in [1.29, 1.82) is 0 Å². The minimum atomic E-state index is 0.542. The van der Waals surface area contributed by atoms with Crippen molar-refractivity contribution in [2.45, 2.75) is 175 Å². The van der Waals surface area contributed by atoms with Gasteiger partial charge in [0.1, 0.15) is 0 Å². The fourth-order valence-corrected chi connectivity index (χ4v) is 2.04. The van der Waals surface area contributed by atoms with Crippen LogP contribution in [0.1, 0.15) is 175 Å². The maximum atomic E-state index is 4.98. The van der Waals surface area contributed by atoms with Crippen molar-refractivity contribution in [3.63, 3.8) is 0 Å². The van der Waals surface area contributed by atoms with E-state index in [1.807, 2.05) is 6.08 Å². The molecule has 0 saturated heterocycles. The van der Waals surface area contributed by atoms with E-state index in [-0.39, 0.29) is 0 Å². The number of rotatable bonds is 10. The Kier molecular flexibility index (Phi) is 55.2. The maximum Gasteiger partial charge on any atom is 0.0112 e. The maximum absolute atomic E-state index is 4.98. The van der Waals surface area contributed by atoms with E-state index >= 15 is 0 Å². The molecule has 0 amide bonds. The Bertz CT molecular complexity index is 606. The van der Waals surface area contributed by atoms with E-state index in [1.165, 1.54) is 32.1 Å².